The van der Waals surface area contributed by atoms with Crippen LogP contribution in [0, 0.1) is 12.8 Å². The molecule has 1 amide bonds. The van der Waals surface area contributed by atoms with Crippen LogP contribution in [0.15, 0.2) is 29.6 Å². The van der Waals surface area contributed by atoms with Crippen molar-refractivity contribution >= 4 is 34.5 Å². The Morgan fingerprint density at radius 3 is 2.96 bits per heavy atom. The fourth-order valence-electron chi connectivity index (χ4n) is 3.68. The number of anilines is 1. The highest BCUT2D eigenvalue weighted by molar-refractivity contribution is 7.10. The van der Waals surface area contributed by atoms with Crippen molar-refractivity contribution in [3.05, 3.63) is 50.7 Å². The lowest BCUT2D eigenvalue weighted by Crippen LogP contribution is -2.41. The van der Waals surface area contributed by atoms with E-state index in [1.54, 1.807) is 0 Å². The van der Waals surface area contributed by atoms with Crippen LogP contribution in [0.1, 0.15) is 34.9 Å². The van der Waals surface area contributed by atoms with E-state index >= 15 is 0 Å². The molecule has 126 valence electrons. The summed E-state index contributed by atoms with van der Waals surface area (Å²) in [6, 6.07) is 8.26. The number of hydrogen-bond donors (Lipinski definition) is 1. The molecule has 1 aromatic carbocycles. The van der Waals surface area contributed by atoms with Crippen LogP contribution in [-0.2, 0) is 11.2 Å². The van der Waals surface area contributed by atoms with Gasteiger partial charge in [0.25, 0.3) is 0 Å². The van der Waals surface area contributed by atoms with Crippen molar-refractivity contribution in [1.29, 1.82) is 0 Å². The van der Waals surface area contributed by atoms with Crippen molar-refractivity contribution in [2.75, 3.05) is 18.4 Å². The van der Waals surface area contributed by atoms with Crippen molar-refractivity contribution in [3.8, 4) is 0 Å². The first kappa shape index (κ1) is 16.1. The van der Waals surface area contributed by atoms with E-state index in [2.05, 4.69) is 21.7 Å². The molecule has 1 aliphatic carbocycles. The molecule has 1 N–H and O–H groups in total. The number of nitrogens with zero attached hydrogens (tertiary/aromatic N) is 1. The molecule has 0 spiro atoms. The monoisotopic (exact) mass is 360 g/mol. The summed E-state index contributed by atoms with van der Waals surface area (Å²) >= 11 is 7.85. The first-order chi connectivity index (χ1) is 11.6. The molecule has 0 unspecified atom stereocenters. The number of hydrogen-bond acceptors (Lipinski definition) is 3. The zero-order chi connectivity index (χ0) is 16.7. The Bertz CT molecular complexity index is 768. The van der Waals surface area contributed by atoms with Gasteiger partial charge in [0.1, 0.15) is 0 Å². The molecule has 4 rings (SSSR count). The Kier molecular flexibility index (Phi) is 4.37. The zero-order valence-electron chi connectivity index (χ0n) is 13.7. The van der Waals surface area contributed by atoms with Crippen molar-refractivity contribution in [3.63, 3.8) is 0 Å². The summed E-state index contributed by atoms with van der Waals surface area (Å²) < 4.78 is 0. The molecule has 1 atom stereocenters. The first-order valence-electron chi connectivity index (χ1n) is 8.48. The number of carbonyl (C=O) groups is 1. The number of carbonyl (C=O) groups excluding carboxylic acids is 1. The summed E-state index contributed by atoms with van der Waals surface area (Å²) in [5.74, 6) is 0.786. The zero-order valence-corrected chi connectivity index (χ0v) is 15.3. The fourth-order valence-corrected chi connectivity index (χ4v) is 4.82. The third kappa shape index (κ3) is 3.23. The predicted octanol–water partition coefficient (Wildman–Crippen LogP) is 4.66. The number of benzene rings is 1. The molecule has 2 aromatic rings. The Morgan fingerprint density at radius 2 is 2.21 bits per heavy atom. The molecule has 1 aromatic heterocycles. The highest BCUT2D eigenvalue weighted by Crippen LogP contribution is 2.48. The van der Waals surface area contributed by atoms with Gasteiger partial charge < -0.3 is 5.32 Å². The van der Waals surface area contributed by atoms with Gasteiger partial charge in [-0.05, 0) is 72.9 Å². The molecular formula is C19H21ClN2OS. The Hall–Kier alpha value is -1.36. The van der Waals surface area contributed by atoms with Crippen LogP contribution >= 0.6 is 22.9 Å². The number of thiophene rings is 1. The quantitative estimate of drug-likeness (QED) is 0.860. The number of rotatable bonds is 4. The van der Waals surface area contributed by atoms with Gasteiger partial charge in [0.05, 0.1) is 6.54 Å². The summed E-state index contributed by atoms with van der Waals surface area (Å²) in [7, 11) is 0. The molecule has 0 saturated heterocycles. The number of halogens is 1. The lowest BCUT2D eigenvalue weighted by molar-refractivity contribution is -0.118. The first-order valence-corrected chi connectivity index (χ1v) is 9.74. The molecule has 2 aliphatic rings. The Balaban J connectivity index is 1.47. The highest BCUT2D eigenvalue weighted by Gasteiger charge is 2.40. The average Bonchev–Trinajstić information content (AvgIpc) is 3.26. The van der Waals surface area contributed by atoms with E-state index in [0.29, 0.717) is 17.6 Å². The van der Waals surface area contributed by atoms with E-state index in [4.69, 9.17) is 11.6 Å². The van der Waals surface area contributed by atoms with Crippen LogP contribution < -0.4 is 5.32 Å². The van der Waals surface area contributed by atoms with Crippen molar-refractivity contribution < 1.29 is 4.79 Å². The van der Waals surface area contributed by atoms with E-state index < -0.39 is 0 Å². The molecule has 1 saturated carbocycles. The van der Waals surface area contributed by atoms with Crippen LogP contribution in [0.3, 0.4) is 0 Å². The van der Waals surface area contributed by atoms with E-state index in [0.717, 1.165) is 30.1 Å². The summed E-state index contributed by atoms with van der Waals surface area (Å²) in [5.41, 5.74) is 3.30. The van der Waals surface area contributed by atoms with E-state index in [9.17, 15) is 4.79 Å². The molecule has 1 aliphatic heterocycles. The maximum absolute atomic E-state index is 12.6. The number of aryl methyl sites for hydroxylation is 1. The minimum absolute atomic E-state index is 0.0600. The van der Waals surface area contributed by atoms with E-state index in [-0.39, 0.29) is 5.91 Å². The van der Waals surface area contributed by atoms with Gasteiger partial charge in [-0.15, -0.1) is 11.3 Å². The van der Waals surface area contributed by atoms with E-state index in [1.165, 1.54) is 23.3 Å². The van der Waals surface area contributed by atoms with Gasteiger partial charge in [0.15, 0.2) is 0 Å². The lowest BCUT2D eigenvalue weighted by Gasteiger charge is -2.35. The summed E-state index contributed by atoms with van der Waals surface area (Å²) in [6.45, 7) is 3.40. The summed E-state index contributed by atoms with van der Waals surface area (Å²) in [4.78, 5) is 16.5. The summed E-state index contributed by atoms with van der Waals surface area (Å²) in [6.07, 6.45) is 3.63. The second-order valence-corrected chi connectivity index (χ2v) is 8.25. The van der Waals surface area contributed by atoms with Crippen LogP contribution in [0.2, 0.25) is 5.02 Å². The third-order valence-electron chi connectivity index (χ3n) is 5.00. The number of nitrogens with one attached hydrogen (secondary N) is 1. The number of fused-ring (bicyclic) bond motifs is 1. The van der Waals surface area contributed by atoms with Crippen LogP contribution in [-0.4, -0.2) is 23.9 Å². The smallest absolute Gasteiger partial charge is 0.238 e. The van der Waals surface area contributed by atoms with Gasteiger partial charge >= 0.3 is 0 Å². The van der Waals surface area contributed by atoms with Gasteiger partial charge in [-0.3, -0.25) is 9.69 Å². The molecule has 2 heterocycles. The Labute approximate surface area is 151 Å². The molecule has 1 fully saturated rings. The molecule has 0 radical (unpaired) electrons. The second-order valence-electron chi connectivity index (χ2n) is 6.81. The minimum atomic E-state index is 0.0600. The second kappa shape index (κ2) is 6.51. The lowest BCUT2D eigenvalue weighted by atomic mass is 9.96. The van der Waals surface area contributed by atoms with Gasteiger partial charge in [-0.25, -0.2) is 0 Å². The van der Waals surface area contributed by atoms with Crippen LogP contribution in [0.25, 0.3) is 0 Å². The average molecular weight is 361 g/mol. The predicted molar refractivity (Wildman–Crippen MR) is 99.9 cm³/mol. The fraction of sp³-hybridized carbons (Fsp3) is 0.421. The van der Waals surface area contributed by atoms with Crippen molar-refractivity contribution in [2.45, 2.75) is 32.2 Å². The van der Waals surface area contributed by atoms with Gasteiger partial charge in [0, 0.05) is 28.2 Å². The maximum Gasteiger partial charge on any atom is 0.238 e. The van der Waals surface area contributed by atoms with Gasteiger partial charge in [-0.1, -0.05) is 11.6 Å². The number of amides is 1. The largest absolute Gasteiger partial charge is 0.325 e. The summed E-state index contributed by atoms with van der Waals surface area (Å²) in [5, 5.41) is 5.94. The molecule has 5 heteroatoms. The van der Waals surface area contributed by atoms with Crippen molar-refractivity contribution in [2.24, 2.45) is 5.92 Å². The SMILES string of the molecule is Cc1cc(Cl)ccc1NC(=O)CN1CCc2sccc2[C@H]1C1CC1. The molecular weight excluding hydrogens is 340 g/mol. The van der Waals surface area contributed by atoms with Gasteiger partial charge in [0.2, 0.25) is 5.91 Å². The van der Waals surface area contributed by atoms with Gasteiger partial charge in [-0.2, -0.15) is 0 Å². The maximum atomic E-state index is 12.6. The van der Waals surface area contributed by atoms with E-state index in [1.807, 2.05) is 36.5 Å². The normalized spacial score (nSPS) is 20.7. The van der Waals surface area contributed by atoms with Crippen molar-refractivity contribution in [1.82, 2.24) is 4.90 Å². The van der Waals surface area contributed by atoms with Crippen LogP contribution in [0.4, 0.5) is 5.69 Å². The van der Waals surface area contributed by atoms with Crippen LogP contribution in [0.5, 0.6) is 0 Å². The highest BCUT2D eigenvalue weighted by atomic mass is 35.5. The Morgan fingerprint density at radius 1 is 1.38 bits per heavy atom. The topological polar surface area (TPSA) is 32.3 Å². The molecule has 24 heavy (non-hydrogen) atoms. The third-order valence-corrected chi connectivity index (χ3v) is 6.23. The molecule has 3 nitrogen and oxygen atoms in total. The standard InChI is InChI=1S/C19H21ClN2OS/c1-12-10-14(20)4-5-16(12)21-18(23)11-22-8-6-17-15(7-9-24-17)19(22)13-2-3-13/h4-5,7,9-10,13,19H,2-3,6,8,11H2,1H3,(H,21,23)/t19-/m1/s1. The molecule has 0 bridgehead atoms. The minimum Gasteiger partial charge on any atom is -0.325 e.